The Kier molecular flexibility index (Phi) is 11.3. The molecular formula is C45H29F13N7O+. The van der Waals surface area contributed by atoms with E-state index in [1.807, 2.05) is 0 Å². The normalized spacial score (nSPS) is 17.6. The lowest BCUT2D eigenvalue weighted by Crippen LogP contribution is -2.52. The molecule has 2 unspecified atom stereocenters. The third kappa shape index (κ3) is 8.26. The fourth-order valence-corrected chi connectivity index (χ4v) is 7.83. The van der Waals surface area contributed by atoms with E-state index >= 15 is 8.78 Å². The number of nitrogens with zero attached hydrogens (tertiary/aromatic N) is 7. The van der Waals surface area contributed by atoms with Crippen LogP contribution in [0, 0.1) is 23.3 Å². The minimum Gasteiger partial charge on any atom is -0.497 e. The van der Waals surface area contributed by atoms with Crippen LogP contribution in [-0.4, -0.2) is 50.8 Å². The molecule has 0 N–H and O–H groups in total. The highest BCUT2D eigenvalue weighted by Crippen LogP contribution is 2.46. The van der Waals surface area contributed by atoms with E-state index in [9.17, 15) is 48.3 Å². The Morgan fingerprint density at radius 1 is 0.652 bits per heavy atom. The van der Waals surface area contributed by atoms with Gasteiger partial charge in [0.15, 0.2) is 41.7 Å². The molecule has 4 aromatic carbocycles. The first kappa shape index (κ1) is 45.5. The van der Waals surface area contributed by atoms with Gasteiger partial charge >= 0.3 is 18.5 Å². The Morgan fingerprint density at radius 2 is 1.23 bits per heavy atom. The molecule has 4 heterocycles. The second-order valence-corrected chi connectivity index (χ2v) is 15.2. The molecule has 8 nitrogen and oxygen atoms in total. The first-order chi connectivity index (χ1) is 31.0. The van der Waals surface area contributed by atoms with E-state index in [4.69, 9.17) is 9.84 Å². The summed E-state index contributed by atoms with van der Waals surface area (Å²) in [5, 5.41) is 4.74. The molecule has 340 valence electrons. The van der Waals surface area contributed by atoms with Gasteiger partial charge in [0.2, 0.25) is 5.66 Å². The van der Waals surface area contributed by atoms with Gasteiger partial charge in [-0.1, -0.05) is 41.5 Å². The van der Waals surface area contributed by atoms with Crippen LogP contribution >= 0.6 is 0 Å². The van der Waals surface area contributed by atoms with Gasteiger partial charge in [0.1, 0.15) is 29.9 Å². The van der Waals surface area contributed by atoms with Gasteiger partial charge < -0.3 is 4.74 Å². The van der Waals surface area contributed by atoms with Gasteiger partial charge in [-0.3, -0.25) is 4.98 Å². The SMILES string of the molecule is COc1ccc(-c2cnc(C[N+]3(C(C)c4ccc(-c5ccc(C(F)(F)F)cc5C(F)(F)F)cn4)CC4=NC(c5cccc(F)c5F)(c5cccc(F)c5F)N=C4C=N3)nc2)c(C(F)(F)F)c1. The maximum absolute atomic E-state index is 15.7. The maximum Gasteiger partial charge on any atom is 0.417 e. The summed E-state index contributed by atoms with van der Waals surface area (Å²) >= 11 is 0. The number of pyridine rings is 1. The molecule has 2 aliphatic heterocycles. The van der Waals surface area contributed by atoms with E-state index in [1.54, 1.807) is 6.92 Å². The second-order valence-electron chi connectivity index (χ2n) is 15.2. The fraction of sp³-hybridized carbons (Fsp3) is 0.200. The molecular weight excluding hydrogens is 902 g/mol. The molecule has 6 aromatic rings. The molecule has 0 radical (unpaired) electrons. The molecule has 0 saturated carbocycles. The van der Waals surface area contributed by atoms with Crippen LogP contribution in [0.2, 0.25) is 0 Å². The van der Waals surface area contributed by atoms with Crippen molar-refractivity contribution in [3.05, 3.63) is 166 Å². The molecule has 2 aliphatic rings. The van der Waals surface area contributed by atoms with Crippen LogP contribution in [0.15, 0.2) is 119 Å². The number of fused-ring (bicyclic) bond motifs is 1. The van der Waals surface area contributed by atoms with Crippen molar-refractivity contribution in [1.29, 1.82) is 0 Å². The van der Waals surface area contributed by atoms with E-state index in [2.05, 4.69) is 24.9 Å². The Bertz CT molecular complexity index is 2900. The Hall–Kier alpha value is -7.03. The van der Waals surface area contributed by atoms with Crippen LogP contribution in [-0.2, 0) is 30.7 Å². The third-order valence-electron chi connectivity index (χ3n) is 11.2. The predicted octanol–water partition coefficient (Wildman–Crippen LogP) is 11.7. The number of quaternary nitrogens is 1. The largest absolute Gasteiger partial charge is 0.497 e. The standard InChI is InChI=1S/C45H29F13N7O/c1-23(36-14-9-24(17-59-36)28-12-10-26(43(50,51)52)15-32(28)44(53,54)55)65(22-39-60-18-25(19-61-39)29-13-11-27(66-2)16-33(29)45(56,57)58)21-38-37(20-62-65)63-42(64-38,30-5-3-7-34(46)40(30)48)31-6-4-8-35(47)41(31)49/h3-20,23H,21-22H2,1-2H3/q+1. The number of halogens is 13. The molecule has 0 bridgehead atoms. The zero-order valence-corrected chi connectivity index (χ0v) is 33.8. The molecule has 0 spiro atoms. The lowest BCUT2D eigenvalue weighted by atomic mass is 9.91. The fourth-order valence-electron chi connectivity index (χ4n) is 7.83. The van der Waals surface area contributed by atoms with Crippen LogP contribution < -0.4 is 4.74 Å². The zero-order valence-electron chi connectivity index (χ0n) is 33.8. The molecule has 0 aliphatic carbocycles. The quantitative estimate of drug-likeness (QED) is 0.107. The molecule has 0 saturated heterocycles. The molecule has 0 fully saturated rings. The number of hydrogen-bond acceptors (Lipinski definition) is 7. The van der Waals surface area contributed by atoms with Crippen LogP contribution in [0.5, 0.6) is 5.75 Å². The van der Waals surface area contributed by atoms with Crippen molar-refractivity contribution in [2.75, 3.05) is 13.7 Å². The van der Waals surface area contributed by atoms with E-state index in [1.165, 1.54) is 37.6 Å². The molecule has 21 heteroatoms. The average Bonchev–Trinajstić information content (AvgIpc) is 3.66. The van der Waals surface area contributed by atoms with Crippen molar-refractivity contribution in [2.45, 2.75) is 43.7 Å². The lowest BCUT2D eigenvalue weighted by Gasteiger charge is -2.38. The van der Waals surface area contributed by atoms with Gasteiger partial charge in [0, 0.05) is 40.8 Å². The number of ether oxygens (including phenoxy) is 1. The number of aliphatic imine (C=N–C) groups is 2. The molecule has 2 aromatic heterocycles. The van der Waals surface area contributed by atoms with E-state index in [0.717, 1.165) is 61.1 Å². The monoisotopic (exact) mass is 930 g/mol. The van der Waals surface area contributed by atoms with Gasteiger partial charge in [-0.05, 0) is 66.6 Å². The molecule has 0 amide bonds. The lowest BCUT2D eigenvalue weighted by molar-refractivity contribution is -0.967. The summed E-state index contributed by atoms with van der Waals surface area (Å²) in [4.78, 5) is 22.2. The van der Waals surface area contributed by atoms with Crippen LogP contribution in [0.4, 0.5) is 57.1 Å². The topological polar surface area (TPSA) is 85.0 Å². The summed E-state index contributed by atoms with van der Waals surface area (Å²) in [6, 6.07) is 12.0. The molecule has 66 heavy (non-hydrogen) atoms. The summed E-state index contributed by atoms with van der Waals surface area (Å²) in [6.45, 7) is 0.896. The Morgan fingerprint density at radius 3 is 1.79 bits per heavy atom. The van der Waals surface area contributed by atoms with Crippen molar-refractivity contribution in [2.24, 2.45) is 15.1 Å². The number of alkyl halides is 9. The number of benzene rings is 4. The highest BCUT2D eigenvalue weighted by molar-refractivity contribution is 6.64. The smallest absolute Gasteiger partial charge is 0.417 e. The van der Waals surface area contributed by atoms with E-state index in [0.29, 0.717) is 12.1 Å². The Labute approximate surface area is 365 Å². The first-order valence-corrected chi connectivity index (χ1v) is 19.4. The van der Waals surface area contributed by atoms with Crippen LogP contribution in [0.1, 0.15) is 52.3 Å². The first-order valence-electron chi connectivity index (χ1n) is 19.4. The average molecular weight is 931 g/mol. The highest BCUT2D eigenvalue weighted by Gasteiger charge is 2.50. The minimum absolute atomic E-state index is 0.00870. The van der Waals surface area contributed by atoms with Gasteiger partial charge in [-0.25, -0.2) is 37.5 Å². The van der Waals surface area contributed by atoms with E-state index < -0.39 is 91.5 Å². The molecule has 2 atom stereocenters. The van der Waals surface area contributed by atoms with Gasteiger partial charge in [-0.15, -0.1) is 0 Å². The van der Waals surface area contributed by atoms with Crippen molar-refractivity contribution in [3.8, 4) is 28.0 Å². The Balaban J connectivity index is 1.23. The number of rotatable bonds is 9. The predicted molar refractivity (Wildman–Crippen MR) is 213 cm³/mol. The van der Waals surface area contributed by atoms with Crippen molar-refractivity contribution in [1.82, 2.24) is 15.0 Å². The van der Waals surface area contributed by atoms with Crippen LogP contribution in [0.3, 0.4) is 0 Å². The number of aromatic nitrogens is 3. The summed E-state index contributed by atoms with van der Waals surface area (Å²) in [6.07, 6.45) is -10.6. The van der Waals surface area contributed by atoms with Crippen molar-refractivity contribution in [3.63, 3.8) is 0 Å². The van der Waals surface area contributed by atoms with E-state index in [-0.39, 0.29) is 64.5 Å². The summed E-state index contributed by atoms with van der Waals surface area (Å²) < 4.78 is 190. The summed E-state index contributed by atoms with van der Waals surface area (Å²) in [7, 11) is 1.20. The maximum atomic E-state index is 15.7. The number of methoxy groups -OCH3 is 1. The zero-order chi connectivity index (χ0) is 47.6. The van der Waals surface area contributed by atoms with Crippen LogP contribution in [0.25, 0.3) is 22.3 Å². The summed E-state index contributed by atoms with van der Waals surface area (Å²) in [5.41, 5.74) is -8.82. The van der Waals surface area contributed by atoms with Gasteiger partial charge in [0.05, 0.1) is 29.5 Å². The number of hydrogen-bond donors (Lipinski definition) is 0. The minimum atomic E-state index is -5.20. The van der Waals surface area contributed by atoms with Gasteiger partial charge in [-0.2, -0.15) is 44.1 Å². The van der Waals surface area contributed by atoms with Crippen molar-refractivity contribution < 1.29 is 66.4 Å². The third-order valence-corrected chi connectivity index (χ3v) is 11.2. The van der Waals surface area contributed by atoms with Crippen molar-refractivity contribution >= 4 is 17.6 Å². The van der Waals surface area contributed by atoms with Gasteiger partial charge in [0.25, 0.3) is 0 Å². The molecule has 8 rings (SSSR count). The second kappa shape index (κ2) is 16.4. The highest BCUT2D eigenvalue weighted by atomic mass is 19.4. The summed E-state index contributed by atoms with van der Waals surface area (Å²) in [5.74, 6) is -5.72.